The molecule has 0 unspecified atom stereocenters. The Kier molecular flexibility index (Phi) is 8.23. The van der Waals surface area contributed by atoms with Crippen molar-refractivity contribution in [2.24, 2.45) is 0 Å². The molecule has 10 rings (SSSR count). The monoisotopic (exact) mass is 701 g/mol. The highest BCUT2D eigenvalue weighted by Crippen LogP contribution is 2.47. The van der Waals surface area contributed by atoms with E-state index in [0.717, 1.165) is 28.7 Å². The SMILES string of the molecule is c1ccc(-c2cccc(-c3cc(-c4ccccc4)c4c(c3)-c3cccc(-c5cccc(-c6nc(-c7ccccc7)nc(-c7ccccc7)n6)c5)c3C4)c2)cc1. The van der Waals surface area contributed by atoms with E-state index in [4.69, 9.17) is 15.0 Å². The largest absolute Gasteiger partial charge is 0.208 e. The van der Waals surface area contributed by atoms with Gasteiger partial charge in [0.25, 0.3) is 0 Å². The summed E-state index contributed by atoms with van der Waals surface area (Å²) in [4.78, 5) is 15.0. The molecular formula is C52H35N3. The molecule has 0 spiro atoms. The average Bonchev–Trinajstić information content (AvgIpc) is 3.66. The van der Waals surface area contributed by atoms with Gasteiger partial charge in [-0.1, -0.05) is 176 Å². The van der Waals surface area contributed by atoms with Gasteiger partial charge in [-0.05, 0) is 97.4 Å². The molecule has 0 saturated heterocycles. The number of nitrogens with zero attached hydrogens (tertiary/aromatic N) is 3. The van der Waals surface area contributed by atoms with Gasteiger partial charge in [-0.3, -0.25) is 0 Å². The minimum Gasteiger partial charge on any atom is -0.208 e. The van der Waals surface area contributed by atoms with Gasteiger partial charge in [-0.2, -0.15) is 0 Å². The van der Waals surface area contributed by atoms with Crippen LogP contribution in [0.5, 0.6) is 0 Å². The van der Waals surface area contributed by atoms with E-state index in [-0.39, 0.29) is 0 Å². The van der Waals surface area contributed by atoms with Crippen molar-refractivity contribution in [1.82, 2.24) is 15.0 Å². The molecule has 55 heavy (non-hydrogen) atoms. The molecular weight excluding hydrogens is 667 g/mol. The topological polar surface area (TPSA) is 38.7 Å². The Hall–Kier alpha value is -7.23. The molecule has 9 aromatic rings. The van der Waals surface area contributed by atoms with Crippen molar-refractivity contribution in [3.8, 4) is 89.8 Å². The van der Waals surface area contributed by atoms with E-state index in [1.54, 1.807) is 0 Å². The van der Waals surface area contributed by atoms with E-state index >= 15 is 0 Å². The highest BCUT2D eigenvalue weighted by molar-refractivity contribution is 5.93. The third-order valence-electron chi connectivity index (χ3n) is 10.6. The maximum atomic E-state index is 5.03. The molecule has 8 aromatic carbocycles. The lowest BCUT2D eigenvalue weighted by atomic mass is 9.90. The number of hydrogen-bond donors (Lipinski definition) is 0. The van der Waals surface area contributed by atoms with Crippen molar-refractivity contribution in [3.05, 3.63) is 211 Å². The van der Waals surface area contributed by atoms with Gasteiger partial charge >= 0.3 is 0 Å². The van der Waals surface area contributed by atoms with Crippen LogP contribution in [0, 0.1) is 0 Å². The zero-order valence-corrected chi connectivity index (χ0v) is 30.1. The summed E-state index contributed by atoms with van der Waals surface area (Å²) in [7, 11) is 0. The Morgan fingerprint density at radius 1 is 0.236 bits per heavy atom. The normalized spacial score (nSPS) is 11.6. The van der Waals surface area contributed by atoms with Crippen LogP contribution in [-0.2, 0) is 6.42 Å². The third-order valence-corrected chi connectivity index (χ3v) is 10.6. The first-order valence-corrected chi connectivity index (χ1v) is 18.7. The highest BCUT2D eigenvalue weighted by Gasteiger charge is 2.26. The minimum absolute atomic E-state index is 0.652. The van der Waals surface area contributed by atoms with Gasteiger partial charge in [0, 0.05) is 16.7 Å². The summed E-state index contributed by atoms with van der Waals surface area (Å²) in [6.45, 7) is 0. The first-order chi connectivity index (χ1) is 27.2. The average molecular weight is 702 g/mol. The predicted octanol–water partition coefficient (Wildman–Crippen LogP) is 13.1. The Morgan fingerprint density at radius 3 is 1.25 bits per heavy atom. The van der Waals surface area contributed by atoms with Crippen LogP contribution in [0.4, 0.5) is 0 Å². The summed E-state index contributed by atoms with van der Waals surface area (Å²) in [6.07, 6.45) is 0.849. The van der Waals surface area contributed by atoms with E-state index in [2.05, 4.69) is 140 Å². The van der Waals surface area contributed by atoms with E-state index in [9.17, 15) is 0 Å². The zero-order chi connectivity index (χ0) is 36.6. The Bertz CT molecular complexity index is 2760. The second-order valence-electron chi connectivity index (χ2n) is 14.0. The molecule has 1 aromatic heterocycles. The molecule has 1 aliphatic rings. The van der Waals surface area contributed by atoms with E-state index in [1.165, 1.54) is 61.2 Å². The number of fused-ring (bicyclic) bond motifs is 3. The number of benzene rings is 8. The zero-order valence-electron chi connectivity index (χ0n) is 30.1. The van der Waals surface area contributed by atoms with Crippen LogP contribution < -0.4 is 0 Å². The maximum Gasteiger partial charge on any atom is 0.164 e. The van der Waals surface area contributed by atoms with Gasteiger partial charge in [0.1, 0.15) is 0 Å². The van der Waals surface area contributed by atoms with Crippen LogP contribution in [0.1, 0.15) is 11.1 Å². The minimum atomic E-state index is 0.652. The van der Waals surface area contributed by atoms with E-state index < -0.39 is 0 Å². The summed E-state index contributed by atoms with van der Waals surface area (Å²) in [5.74, 6) is 1.97. The lowest BCUT2D eigenvalue weighted by Gasteiger charge is -2.14. The van der Waals surface area contributed by atoms with Crippen LogP contribution in [0.2, 0.25) is 0 Å². The van der Waals surface area contributed by atoms with Crippen LogP contribution in [0.25, 0.3) is 89.8 Å². The molecule has 3 nitrogen and oxygen atoms in total. The standard InChI is InChI=1S/C52H35N3/c1-5-16-35(17-6-1)39-24-13-25-40(30-39)43-32-46(36-18-7-2-8-19-36)49-34-48-44(28-15-29-45(48)47(49)33-43)41-26-14-27-42(31-41)52-54-50(37-20-9-3-10-21-37)53-51(55-52)38-22-11-4-12-23-38/h1-33H,34H2. The van der Waals surface area contributed by atoms with Crippen molar-refractivity contribution < 1.29 is 0 Å². The molecule has 0 saturated carbocycles. The van der Waals surface area contributed by atoms with Crippen molar-refractivity contribution in [3.63, 3.8) is 0 Å². The Balaban J connectivity index is 1.09. The second kappa shape index (κ2) is 14.0. The first-order valence-electron chi connectivity index (χ1n) is 18.7. The third kappa shape index (κ3) is 6.22. The van der Waals surface area contributed by atoms with Crippen LogP contribution >= 0.6 is 0 Å². The van der Waals surface area contributed by atoms with Crippen LogP contribution in [0.3, 0.4) is 0 Å². The van der Waals surface area contributed by atoms with Gasteiger partial charge in [0.15, 0.2) is 17.5 Å². The fraction of sp³-hybridized carbons (Fsp3) is 0.0192. The Morgan fingerprint density at radius 2 is 0.636 bits per heavy atom. The summed E-state index contributed by atoms with van der Waals surface area (Å²) in [5.41, 5.74) is 17.9. The summed E-state index contributed by atoms with van der Waals surface area (Å²) >= 11 is 0. The first kappa shape index (κ1) is 32.4. The second-order valence-corrected chi connectivity index (χ2v) is 14.0. The molecule has 0 atom stereocenters. The molecule has 0 aliphatic heterocycles. The molecule has 0 N–H and O–H groups in total. The van der Waals surface area contributed by atoms with Crippen molar-refractivity contribution in [1.29, 1.82) is 0 Å². The fourth-order valence-corrected chi connectivity index (χ4v) is 7.89. The Labute approximate surface area is 321 Å². The quantitative estimate of drug-likeness (QED) is 0.166. The van der Waals surface area contributed by atoms with E-state index in [1.807, 2.05) is 60.7 Å². The molecule has 0 bridgehead atoms. The van der Waals surface area contributed by atoms with Crippen molar-refractivity contribution in [2.45, 2.75) is 6.42 Å². The summed E-state index contributed by atoms with van der Waals surface area (Å²) < 4.78 is 0. The number of rotatable bonds is 7. The van der Waals surface area contributed by atoms with Gasteiger partial charge in [-0.25, -0.2) is 15.0 Å². The van der Waals surface area contributed by atoms with E-state index in [0.29, 0.717) is 17.5 Å². The summed E-state index contributed by atoms with van der Waals surface area (Å²) in [6, 6.07) is 70.8. The molecule has 3 heteroatoms. The van der Waals surface area contributed by atoms with Gasteiger partial charge in [0.05, 0.1) is 0 Å². The molecule has 0 radical (unpaired) electrons. The molecule has 0 amide bonds. The van der Waals surface area contributed by atoms with Gasteiger partial charge in [0.2, 0.25) is 0 Å². The predicted molar refractivity (Wildman–Crippen MR) is 226 cm³/mol. The molecule has 1 heterocycles. The van der Waals surface area contributed by atoms with Crippen molar-refractivity contribution in [2.75, 3.05) is 0 Å². The summed E-state index contributed by atoms with van der Waals surface area (Å²) in [5, 5.41) is 0. The lowest BCUT2D eigenvalue weighted by molar-refractivity contribution is 1.07. The lowest BCUT2D eigenvalue weighted by Crippen LogP contribution is -2.00. The van der Waals surface area contributed by atoms with Crippen LogP contribution in [-0.4, -0.2) is 15.0 Å². The molecule has 0 fully saturated rings. The molecule has 1 aliphatic carbocycles. The van der Waals surface area contributed by atoms with Crippen molar-refractivity contribution >= 4 is 0 Å². The van der Waals surface area contributed by atoms with Crippen LogP contribution in [0.15, 0.2) is 200 Å². The highest BCUT2D eigenvalue weighted by atomic mass is 15.0. The smallest absolute Gasteiger partial charge is 0.164 e. The number of aromatic nitrogens is 3. The van der Waals surface area contributed by atoms with Gasteiger partial charge < -0.3 is 0 Å². The maximum absolute atomic E-state index is 5.03. The molecule has 258 valence electrons. The van der Waals surface area contributed by atoms with Gasteiger partial charge in [-0.15, -0.1) is 0 Å². The fourth-order valence-electron chi connectivity index (χ4n) is 7.89. The number of hydrogen-bond acceptors (Lipinski definition) is 3.